The van der Waals surface area contributed by atoms with E-state index in [4.69, 9.17) is 0 Å². The van der Waals surface area contributed by atoms with Crippen LogP contribution >= 0.6 is 0 Å². The first-order valence-corrected chi connectivity index (χ1v) is 8.68. The third-order valence-electron chi connectivity index (χ3n) is 5.09. The predicted molar refractivity (Wildman–Crippen MR) is 90.3 cm³/mol. The van der Waals surface area contributed by atoms with Gasteiger partial charge in [-0.2, -0.15) is 5.10 Å². The molecule has 0 N–H and O–H groups in total. The van der Waals surface area contributed by atoms with E-state index in [1.807, 2.05) is 43.2 Å². The minimum Gasteiger partial charge on any atom is -0.337 e. The van der Waals surface area contributed by atoms with Gasteiger partial charge in [-0.05, 0) is 33.0 Å². The van der Waals surface area contributed by atoms with Crippen LogP contribution in [0.1, 0.15) is 25.0 Å². The lowest BCUT2D eigenvalue weighted by Crippen LogP contribution is -2.54. The molecule has 1 aromatic heterocycles. The van der Waals surface area contributed by atoms with Crippen molar-refractivity contribution < 1.29 is 9.59 Å². The van der Waals surface area contributed by atoms with Crippen LogP contribution in [0.5, 0.6) is 0 Å². The Labute approximate surface area is 143 Å². The lowest BCUT2D eigenvalue weighted by molar-refractivity contribution is -0.141. The fourth-order valence-electron chi connectivity index (χ4n) is 3.87. The van der Waals surface area contributed by atoms with Gasteiger partial charge in [0.15, 0.2) is 0 Å². The van der Waals surface area contributed by atoms with Crippen molar-refractivity contribution in [1.29, 1.82) is 0 Å². The summed E-state index contributed by atoms with van der Waals surface area (Å²) in [6.07, 6.45) is 4.42. The molecular weight excluding hydrogens is 306 g/mol. The summed E-state index contributed by atoms with van der Waals surface area (Å²) < 4.78 is 1.72. The summed E-state index contributed by atoms with van der Waals surface area (Å²) >= 11 is 0. The smallest absolute Gasteiger partial charge is 0.228 e. The monoisotopic (exact) mass is 333 g/mol. The van der Waals surface area contributed by atoms with Crippen molar-refractivity contribution in [2.75, 3.05) is 33.7 Å². The molecule has 0 saturated carbocycles. The van der Waals surface area contributed by atoms with Crippen LogP contribution in [0.4, 0.5) is 0 Å². The standard InChI is InChI=1S/C17H27N5O2/c1-19(2)10-11-22-15-7-9-21(14(15)4-5-16(22)23)17(24)12-13-6-8-20(3)18-13/h6,8,14-15H,4-5,7,9-12H2,1-3H3/t14-,15-/m1/s1. The fraction of sp³-hybridized carbons (Fsp3) is 0.706. The van der Waals surface area contributed by atoms with Crippen molar-refractivity contribution in [1.82, 2.24) is 24.5 Å². The average Bonchev–Trinajstić information content (AvgIpc) is 3.12. The molecule has 2 amide bonds. The molecule has 7 heteroatoms. The molecular formula is C17H27N5O2. The van der Waals surface area contributed by atoms with Crippen LogP contribution in [0.3, 0.4) is 0 Å². The Balaban J connectivity index is 1.65. The van der Waals surface area contributed by atoms with Gasteiger partial charge in [0.25, 0.3) is 0 Å². The number of fused-ring (bicyclic) bond motifs is 1. The van der Waals surface area contributed by atoms with Crippen LogP contribution in [0.25, 0.3) is 0 Å². The quantitative estimate of drug-likeness (QED) is 0.768. The number of likely N-dealkylation sites (tertiary alicyclic amines) is 2. The highest BCUT2D eigenvalue weighted by Gasteiger charge is 2.44. The summed E-state index contributed by atoms with van der Waals surface area (Å²) in [6, 6.07) is 2.24. The van der Waals surface area contributed by atoms with Gasteiger partial charge < -0.3 is 14.7 Å². The maximum Gasteiger partial charge on any atom is 0.228 e. The van der Waals surface area contributed by atoms with Gasteiger partial charge in [-0.15, -0.1) is 0 Å². The summed E-state index contributed by atoms with van der Waals surface area (Å²) in [5, 5.41) is 4.30. The van der Waals surface area contributed by atoms with E-state index in [9.17, 15) is 9.59 Å². The molecule has 2 fully saturated rings. The summed E-state index contributed by atoms with van der Waals surface area (Å²) in [5.41, 5.74) is 0.808. The molecule has 2 aliphatic rings. The molecule has 0 aliphatic carbocycles. The van der Waals surface area contributed by atoms with Crippen LogP contribution in [0.15, 0.2) is 12.3 Å². The maximum atomic E-state index is 12.7. The normalized spacial score (nSPS) is 23.9. The lowest BCUT2D eigenvalue weighted by atomic mass is 9.96. The highest BCUT2D eigenvalue weighted by atomic mass is 16.2. The van der Waals surface area contributed by atoms with Crippen molar-refractivity contribution in [3.8, 4) is 0 Å². The highest BCUT2D eigenvalue weighted by Crippen LogP contribution is 2.31. The van der Waals surface area contributed by atoms with Crippen molar-refractivity contribution in [2.45, 2.75) is 37.8 Å². The molecule has 0 spiro atoms. The Bertz CT molecular complexity index is 612. The molecule has 7 nitrogen and oxygen atoms in total. The molecule has 2 saturated heterocycles. The largest absolute Gasteiger partial charge is 0.337 e. The van der Waals surface area contributed by atoms with E-state index in [1.165, 1.54) is 0 Å². The van der Waals surface area contributed by atoms with Crippen molar-refractivity contribution in [3.63, 3.8) is 0 Å². The van der Waals surface area contributed by atoms with Gasteiger partial charge in [-0.25, -0.2) is 0 Å². The molecule has 3 heterocycles. The van der Waals surface area contributed by atoms with Gasteiger partial charge in [0.1, 0.15) is 0 Å². The Hall–Kier alpha value is -1.89. The molecule has 1 aromatic rings. The summed E-state index contributed by atoms with van der Waals surface area (Å²) in [6.45, 7) is 2.35. The topological polar surface area (TPSA) is 61.7 Å². The molecule has 24 heavy (non-hydrogen) atoms. The van der Waals surface area contributed by atoms with E-state index in [2.05, 4.69) is 10.00 Å². The molecule has 0 radical (unpaired) electrons. The second-order valence-corrected chi connectivity index (χ2v) is 7.10. The van der Waals surface area contributed by atoms with Gasteiger partial charge in [0.2, 0.25) is 11.8 Å². The van der Waals surface area contributed by atoms with Gasteiger partial charge >= 0.3 is 0 Å². The molecule has 2 atom stereocenters. The van der Waals surface area contributed by atoms with E-state index in [1.54, 1.807) is 4.68 Å². The molecule has 132 valence electrons. The number of aryl methyl sites for hydroxylation is 1. The Kier molecular flexibility index (Phi) is 4.89. The first-order chi connectivity index (χ1) is 11.5. The molecule has 0 bridgehead atoms. The van der Waals surface area contributed by atoms with Crippen molar-refractivity contribution in [3.05, 3.63) is 18.0 Å². The second-order valence-electron chi connectivity index (χ2n) is 7.10. The average molecular weight is 333 g/mol. The number of hydrogen-bond donors (Lipinski definition) is 0. The molecule has 0 aromatic carbocycles. The highest BCUT2D eigenvalue weighted by molar-refractivity contribution is 5.81. The van der Waals surface area contributed by atoms with E-state index in [0.29, 0.717) is 12.8 Å². The first kappa shape index (κ1) is 17.0. The van der Waals surface area contributed by atoms with Gasteiger partial charge in [-0.1, -0.05) is 0 Å². The van der Waals surface area contributed by atoms with Crippen LogP contribution in [-0.2, 0) is 23.1 Å². The number of carbonyl (C=O) groups is 2. The Morgan fingerprint density at radius 2 is 2.12 bits per heavy atom. The summed E-state index contributed by atoms with van der Waals surface area (Å²) in [7, 11) is 5.89. The number of piperidine rings is 1. The predicted octanol–water partition coefficient (Wildman–Crippen LogP) is 0.116. The summed E-state index contributed by atoms with van der Waals surface area (Å²) in [4.78, 5) is 31.1. The van der Waals surface area contributed by atoms with E-state index >= 15 is 0 Å². The number of rotatable bonds is 5. The number of aromatic nitrogens is 2. The van der Waals surface area contributed by atoms with Gasteiger partial charge in [0, 0.05) is 39.3 Å². The van der Waals surface area contributed by atoms with Gasteiger partial charge in [-0.3, -0.25) is 14.3 Å². The van der Waals surface area contributed by atoms with E-state index < -0.39 is 0 Å². The number of carbonyl (C=O) groups excluding carboxylic acids is 2. The number of amides is 2. The second kappa shape index (κ2) is 6.93. The maximum absolute atomic E-state index is 12.7. The first-order valence-electron chi connectivity index (χ1n) is 8.68. The number of hydrogen-bond acceptors (Lipinski definition) is 4. The third-order valence-corrected chi connectivity index (χ3v) is 5.09. The van der Waals surface area contributed by atoms with Crippen LogP contribution in [0.2, 0.25) is 0 Å². The van der Waals surface area contributed by atoms with Crippen molar-refractivity contribution >= 4 is 11.8 Å². The fourth-order valence-corrected chi connectivity index (χ4v) is 3.87. The van der Waals surface area contributed by atoms with Crippen LogP contribution in [-0.4, -0.2) is 82.1 Å². The SMILES string of the molecule is CN(C)CCN1C(=O)CC[C@@H]2[C@H]1CCN2C(=O)Cc1ccn(C)n1. The zero-order chi connectivity index (χ0) is 17.3. The van der Waals surface area contributed by atoms with Crippen molar-refractivity contribution in [2.24, 2.45) is 7.05 Å². The Morgan fingerprint density at radius 1 is 1.33 bits per heavy atom. The zero-order valence-electron chi connectivity index (χ0n) is 14.8. The minimum atomic E-state index is 0.128. The molecule has 3 rings (SSSR count). The number of likely N-dealkylation sites (N-methyl/N-ethyl adjacent to an activating group) is 1. The molecule has 2 aliphatic heterocycles. The zero-order valence-corrected chi connectivity index (χ0v) is 14.8. The van der Waals surface area contributed by atoms with Crippen LogP contribution in [0, 0.1) is 0 Å². The lowest BCUT2D eigenvalue weighted by Gasteiger charge is -2.40. The summed E-state index contributed by atoms with van der Waals surface area (Å²) in [5.74, 6) is 0.361. The molecule has 0 unspecified atom stereocenters. The van der Waals surface area contributed by atoms with E-state index in [0.717, 1.165) is 38.2 Å². The van der Waals surface area contributed by atoms with Crippen LogP contribution < -0.4 is 0 Å². The van der Waals surface area contributed by atoms with E-state index in [-0.39, 0.29) is 23.9 Å². The number of nitrogens with zero attached hydrogens (tertiary/aromatic N) is 5. The van der Waals surface area contributed by atoms with Gasteiger partial charge in [0.05, 0.1) is 24.2 Å². The Morgan fingerprint density at radius 3 is 2.79 bits per heavy atom. The minimum absolute atomic E-state index is 0.128. The third kappa shape index (κ3) is 3.45.